The molecule has 88 valence electrons. The molecule has 1 aromatic carbocycles. The van der Waals surface area contributed by atoms with E-state index in [1.165, 1.54) is 6.92 Å². The minimum absolute atomic E-state index is 0.227. The van der Waals surface area contributed by atoms with Crippen LogP contribution in [0.4, 0.5) is 0 Å². The molecule has 1 N–H and O–H groups in total. The summed E-state index contributed by atoms with van der Waals surface area (Å²) in [4.78, 5) is 15.1. The molecule has 16 heavy (non-hydrogen) atoms. The maximum atomic E-state index is 10.7. The van der Waals surface area contributed by atoms with Gasteiger partial charge in [-0.25, -0.2) is 4.89 Å². The molecule has 0 amide bonds. The van der Waals surface area contributed by atoms with Gasteiger partial charge < -0.3 is 4.74 Å². The molecule has 0 saturated heterocycles. The van der Waals surface area contributed by atoms with E-state index < -0.39 is 5.60 Å². The highest BCUT2D eigenvalue weighted by molar-refractivity contribution is 5.65. The smallest absolute Gasteiger partial charge is 0.302 e. The van der Waals surface area contributed by atoms with Crippen LogP contribution in [-0.4, -0.2) is 11.2 Å². The average Bonchev–Trinajstić information content (AvgIpc) is 2.27. The highest BCUT2D eigenvalue weighted by atomic mass is 17.1. The molecule has 0 fully saturated rings. The van der Waals surface area contributed by atoms with Crippen molar-refractivity contribution in [1.29, 1.82) is 0 Å². The fraction of sp³-hybridized carbons (Fsp3) is 0.417. The minimum Gasteiger partial charge on any atom is -0.461 e. The van der Waals surface area contributed by atoms with Gasteiger partial charge in [0.2, 0.25) is 0 Å². The Kier molecular flexibility index (Phi) is 4.04. The highest BCUT2D eigenvalue weighted by Gasteiger charge is 2.21. The fourth-order valence-corrected chi connectivity index (χ4v) is 1.27. The van der Waals surface area contributed by atoms with Gasteiger partial charge in [-0.2, -0.15) is 0 Å². The SMILES string of the molecule is CC(=O)OCc1cccc(C(C)(C)OO)c1. The van der Waals surface area contributed by atoms with E-state index in [0.717, 1.165) is 11.1 Å². The zero-order valence-electron chi connectivity index (χ0n) is 9.69. The maximum absolute atomic E-state index is 10.7. The minimum atomic E-state index is -0.772. The van der Waals surface area contributed by atoms with Gasteiger partial charge in [-0.15, -0.1) is 0 Å². The first-order valence-electron chi connectivity index (χ1n) is 5.01. The molecule has 0 aliphatic rings. The number of carbonyl (C=O) groups excluding carboxylic acids is 1. The Morgan fingerprint density at radius 1 is 1.44 bits per heavy atom. The Balaban J connectivity index is 2.83. The first-order valence-corrected chi connectivity index (χ1v) is 5.01. The van der Waals surface area contributed by atoms with Gasteiger partial charge in [-0.1, -0.05) is 18.2 Å². The Bertz CT molecular complexity index is 371. The molecule has 0 bridgehead atoms. The second kappa shape index (κ2) is 5.09. The van der Waals surface area contributed by atoms with Crippen LogP contribution in [0.5, 0.6) is 0 Å². The van der Waals surface area contributed by atoms with Crippen molar-refractivity contribution in [3.63, 3.8) is 0 Å². The monoisotopic (exact) mass is 224 g/mol. The molecule has 0 atom stereocenters. The molecule has 0 saturated carbocycles. The molecule has 0 radical (unpaired) electrons. The third-order valence-electron chi connectivity index (χ3n) is 2.29. The van der Waals surface area contributed by atoms with Crippen molar-refractivity contribution < 1.29 is 19.7 Å². The van der Waals surface area contributed by atoms with E-state index in [4.69, 9.17) is 9.99 Å². The highest BCUT2D eigenvalue weighted by Crippen LogP contribution is 2.24. The maximum Gasteiger partial charge on any atom is 0.302 e. The van der Waals surface area contributed by atoms with Crippen LogP contribution in [0, 0.1) is 0 Å². The first kappa shape index (κ1) is 12.7. The molecular formula is C12H16O4. The summed E-state index contributed by atoms with van der Waals surface area (Å²) in [6.45, 7) is 5.09. The number of hydrogen-bond acceptors (Lipinski definition) is 4. The normalized spacial score (nSPS) is 11.2. The van der Waals surface area contributed by atoms with Crippen molar-refractivity contribution in [2.45, 2.75) is 33.0 Å². The second-order valence-electron chi connectivity index (χ2n) is 4.08. The Morgan fingerprint density at radius 2 is 2.12 bits per heavy atom. The van der Waals surface area contributed by atoms with Gasteiger partial charge in [0.15, 0.2) is 0 Å². The molecule has 0 aliphatic carbocycles. The lowest BCUT2D eigenvalue weighted by Crippen LogP contribution is -2.19. The van der Waals surface area contributed by atoms with Gasteiger partial charge in [0, 0.05) is 6.92 Å². The summed E-state index contributed by atoms with van der Waals surface area (Å²) in [6.07, 6.45) is 0. The van der Waals surface area contributed by atoms with E-state index in [1.54, 1.807) is 13.8 Å². The quantitative estimate of drug-likeness (QED) is 0.485. The molecule has 0 unspecified atom stereocenters. The standard InChI is InChI=1S/C12H16O4/c1-9(13)15-8-10-5-4-6-11(7-10)12(2,3)16-14/h4-7,14H,8H2,1-3H3. The molecule has 1 aromatic rings. The zero-order valence-corrected chi connectivity index (χ0v) is 9.69. The molecular weight excluding hydrogens is 208 g/mol. The average molecular weight is 224 g/mol. The predicted molar refractivity (Wildman–Crippen MR) is 58.7 cm³/mol. The van der Waals surface area contributed by atoms with Gasteiger partial charge >= 0.3 is 5.97 Å². The number of ether oxygens (including phenoxy) is 1. The lowest BCUT2D eigenvalue weighted by molar-refractivity contribution is -0.318. The summed E-state index contributed by atoms with van der Waals surface area (Å²) < 4.78 is 4.89. The number of rotatable bonds is 4. The number of esters is 1. The van der Waals surface area contributed by atoms with Crippen LogP contribution >= 0.6 is 0 Å². The van der Waals surface area contributed by atoms with Crippen LogP contribution < -0.4 is 0 Å². The van der Waals surface area contributed by atoms with E-state index in [9.17, 15) is 4.79 Å². The van der Waals surface area contributed by atoms with Crippen LogP contribution in [0.1, 0.15) is 31.9 Å². The summed E-state index contributed by atoms with van der Waals surface area (Å²) in [5.74, 6) is -0.317. The van der Waals surface area contributed by atoms with Crippen molar-refractivity contribution in [2.75, 3.05) is 0 Å². The second-order valence-corrected chi connectivity index (χ2v) is 4.08. The molecule has 1 rings (SSSR count). The summed E-state index contributed by atoms with van der Waals surface area (Å²) >= 11 is 0. The lowest BCUT2D eigenvalue weighted by atomic mass is 9.97. The van der Waals surface area contributed by atoms with Gasteiger partial charge in [0.1, 0.15) is 12.2 Å². The van der Waals surface area contributed by atoms with E-state index >= 15 is 0 Å². The number of carbonyl (C=O) groups is 1. The Labute approximate surface area is 94.7 Å². The number of benzene rings is 1. The van der Waals surface area contributed by atoms with E-state index in [0.29, 0.717) is 0 Å². The Morgan fingerprint density at radius 3 is 2.69 bits per heavy atom. The van der Waals surface area contributed by atoms with Crippen molar-refractivity contribution >= 4 is 5.97 Å². The molecule has 0 aromatic heterocycles. The van der Waals surface area contributed by atoms with Crippen molar-refractivity contribution in [3.05, 3.63) is 35.4 Å². The van der Waals surface area contributed by atoms with Crippen molar-refractivity contribution in [3.8, 4) is 0 Å². The van der Waals surface area contributed by atoms with Gasteiger partial charge in [-0.3, -0.25) is 10.1 Å². The summed E-state index contributed by atoms with van der Waals surface area (Å²) in [7, 11) is 0. The van der Waals surface area contributed by atoms with Gasteiger partial charge in [-0.05, 0) is 31.0 Å². The van der Waals surface area contributed by atoms with Crippen LogP contribution in [0.2, 0.25) is 0 Å². The molecule has 0 heterocycles. The van der Waals surface area contributed by atoms with Crippen LogP contribution in [-0.2, 0) is 26.6 Å². The van der Waals surface area contributed by atoms with E-state index in [1.807, 2.05) is 24.3 Å². The Hall–Kier alpha value is -1.39. The topological polar surface area (TPSA) is 55.8 Å². The lowest BCUT2D eigenvalue weighted by Gasteiger charge is -2.21. The summed E-state index contributed by atoms with van der Waals surface area (Å²) in [6, 6.07) is 7.35. The fourth-order valence-electron chi connectivity index (χ4n) is 1.27. The first-order chi connectivity index (χ1) is 7.45. The third kappa shape index (κ3) is 3.32. The van der Waals surface area contributed by atoms with E-state index in [-0.39, 0.29) is 12.6 Å². The van der Waals surface area contributed by atoms with Gasteiger partial charge in [0.25, 0.3) is 0 Å². The van der Waals surface area contributed by atoms with E-state index in [2.05, 4.69) is 4.89 Å². The van der Waals surface area contributed by atoms with Crippen molar-refractivity contribution in [2.24, 2.45) is 0 Å². The number of hydrogen-bond donors (Lipinski definition) is 1. The molecule has 0 spiro atoms. The molecule has 0 aliphatic heterocycles. The van der Waals surface area contributed by atoms with Crippen molar-refractivity contribution in [1.82, 2.24) is 0 Å². The van der Waals surface area contributed by atoms with Crippen LogP contribution in [0.3, 0.4) is 0 Å². The zero-order chi connectivity index (χ0) is 12.2. The third-order valence-corrected chi connectivity index (χ3v) is 2.29. The largest absolute Gasteiger partial charge is 0.461 e. The summed E-state index contributed by atoms with van der Waals surface area (Å²) in [5.41, 5.74) is 0.907. The van der Waals surface area contributed by atoms with Crippen LogP contribution in [0.25, 0.3) is 0 Å². The molecule has 4 nitrogen and oxygen atoms in total. The molecule has 4 heteroatoms. The summed E-state index contributed by atoms with van der Waals surface area (Å²) in [5, 5.41) is 8.77. The van der Waals surface area contributed by atoms with Crippen LogP contribution in [0.15, 0.2) is 24.3 Å². The van der Waals surface area contributed by atoms with Gasteiger partial charge in [0.05, 0.1) is 0 Å². The predicted octanol–water partition coefficient (Wildman–Crippen LogP) is 2.47.